The predicted octanol–water partition coefficient (Wildman–Crippen LogP) is 3.39. The first-order valence-electron chi connectivity index (χ1n) is 10.1. The second-order valence-electron chi connectivity index (χ2n) is 8.18. The summed E-state index contributed by atoms with van der Waals surface area (Å²) in [6, 6.07) is 4.46. The lowest BCUT2D eigenvalue weighted by Gasteiger charge is -2.31. The zero-order chi connectivity index (χ0) is 20.0. The summed E-state index contributed by atoms with van der Waals surface area (Å²) in [4.78, 5) is 13.3. The van der Waals surface area contributed by atoms with Crippen LogP contribution in [0.4, 0.5) is 10.2 Å². The van der Waals surface area contributed by atoms with Crippen LogP contribution in [0.3, 0.4) is 0 Å². The van der Waals surface area contributed by atoms with E-state index in [1.54, 1.807) is 6.20 Å². The molecular weight excluding hydrogens is 369 g/mol. The molecule has 7 nitrogen and oxygen atoms in total. The Morgan fingerprint density at radius 1 is 1.21 bits per heavy atom. The minimum absolute atomic E-state index is 0.281. The Balaban J connectivity index is 1.55. The molecule has 0 radical (unpaired) electrons. The van der Waals surface area contributed by atoms with Gasteiger partial charge in [0.25, 0.3) is 0 Å². The molecule has 3 aromatic heterocycles. The summed E-state index contributed by atoms with van der Waals surface area (Å²) >= 11 is 0. The lowest BCUT2D eigenvalue weighted by atomic mass is 9.88. The minimum Gasteiger partial charge on any atom is -0.372 e. The third kappa shape index (κ3) is 3.32. The van der Waals surface area contributed by atoms with E-state index in [4.69, 9.17) is 4.98 Å². The number of aromatic nitrogens is 4. The van der Waals surface area contributed by atoms with Crippen LogP contribution in [0, 0.1) is 5.82 Å². The van der Waals surface area contributed by atoms with E-state index < -0.39 is 0 Å². The van der Waals surface area contributed by atoms with E-state index >= 15 is 0 Å². The number of nitrogens with zero attached hydrogens (tertiary/aromatic N) is 5. The molecule has 1 fully saturated rings. The largest absolute Gasteiger partial charge is 0.372 e. The molecule has 1 aliphatic carbocycles. The van der Waals surface area contributed by atoms with Crippen molar-refractivity contribution in [1.29, 1.82) is 0 Å². The van der Waals surface area contributed by atoms with E-state index in [0.717, 1.165) is 36.3 Å². The van der Waals surface area contributed by atoms with Crippen LogP contribution in [0.1, 0.15) is 44.6 Å². The quantitative estimate of drug-likeness (QED) is 0.710. The summed E-state index contributed by atoms with van der Waals surface area (Å²) in [6.07, 6.45) is 9.64. The number of rotatable bonds is 4. The van der Waals surface area contributed by atoms with Crippen molar-refractivity contribution < 1.29 is 4.39 Å². The summed E-state index contributed by atoms with van der Waals surface area (Å²) in [5, 5.41) is 11.6. The SMILES string of the molecule is CC(C)c1cnn2c(N[C@H]3CCC4NC=NC4C3)cc(-c3cncc(F)c3)nc12. The molecule has 0 spiro atoms. The van der Waals surface area contributed by atoms with Gasteiger partial charge < -0.3 is 10.6 Å². The number of nitrogens with one attached hydrogen (secondary N) is 2. The van der Waals surface area contributed by atoms with Gasteiger partial charge in [-0.1, -0.05) is 13.8 Å². The minimum atomic E-state index is -0.374. The van der Waals surface area contributed by atoms with Crippen molar-refractivity contribution in [2.45, 2.75) is 57.2 Å². The van der Waals surface area contributed by atoms with Crippen LogP contribution >= 0.6 is 0 Å². The number of pyridine rings is 1. The fourth-order valence-corrected chi connectivity index (χ4v) is 4.27. The van der Waals surface area contributed by atoms with Crippen molar-refractivity contribution in [3.8, 4) is 11.3 Å². The van der Waals surface area contributed by atoms with Gasteiger partial charge in [0.2, 0.25) is 0 Å². The first-order chi connectivity index (χ1) is 14.1. The molecule has 1 saturated carbocycles. The fraction of sp³-hybridized carbons (Fsp3) is 0.429. The van der Waals surface area contributed by atoms with E-state index in [0.29, 0.717) is 29.4 Å². The van der Waals surface area contributed by atoms with Gasteiger partial charge in [-0.25, -0.2) is 9.37 Å². The molecule has 2 unspecified atom stereocenters. The molecule has 0 amide bonds. The smallest absolute Gasteiger partial charge is 0.161 e. The van der Waals surface area contributed by atoms with E-state index in [-0.39, 0.29) is 11.7 Å². The average Bonchev–Trinajstić information content (AvgIpc) is 3.34. The van der Waals surface area contributed by atoms with Crippen LogP contribution < -0.4 is 10.6 Å². The van der Waals surface area contributed by atoms with E-state index in [9.17, 15) is 4.39 Å². The van der Waals surface area contributed by atoms with Gasteiger partial charge in [-0.3, -0.25) is 9.98 Å². The zero-order valence-corrected chi connectivity index (χ0v) is 16.5. The van der Waals surface area contributed by atoms with Crippen LogP contribution in [-0.4, -0.2) is 44.0 Å². The Hall–Kier alpha value is -3.03. The number of hydrogen-bond donors (Lipinski definition) is 2. The monoisotopic (exact) mass is 393 g/mol. The molecule has 29 heavy (non-hydrogen) atoms. The molecule has 150 valence electrons. The van der Waals surface area contributed by atoms with Crippen LogP contribution in [0.2, 0.25) is 0 Å². The Bertz CT molecular complexity index is 1070. The van der Waals surface area contributed by atoms with Crippen LogP contribution in [-0.2, 0) is 0 Å². The topological polar surface area (TPSA) is 79.5 Å². The maximum atomic E-state index is 13.8. The van der Waals surface area contributed by atoms with Gasteiger partial charge in [0.1, 0.15) is 11.6 Å². The highest BCUT2D eigenvalue weighted by Gasteiger charge is 2.32. The number of hydrogen-bond acceptors (Lipinski definition) is 6. The van der Waals surface area contributed by atoms with Gasteiger partial charge in [0, 0.05) is 35.5 Å². The molecule has 3 atom stereocenters. The van der Waals surface area contributed by atoms with Crippen molar-refractivity contribution in [3.05, 3.63) is 42.1 Å². The molecular formula is C21H24FN7. The number of halogens is 1. The predicted molar refractivity (Wildman–Crippen MR) is 111 cm³/mol. The Morgan fingerprint density at radius 3 is 2.93 bits per heavy atom. The van der Waals surface area contributed by atoms with Gasteiger partial charge in [-0.05, 0) is 31.2 Å². The lowest BCUT2D eigenvalue weighted by Crippen LogP contribution is -2.41. The van der Waals surface area contributed by atoms with Crippen molar-refractivity contribution in [2.24, 2.45) is 4.99 Å². The first kappa shape index (κ1) is 18.0. The Labute approximate surface area is 168 Å². The van der Waals surface area contributed by atoms with Crippen molar-refractivity contribution in [2.75, 3.05) is 5.32 Å². The summed E-state index contributed by atoms with van der Waals surface area (Å²) < 4.78 is 15.6. The number of fused-ring (bicyclic) bond motifs is 2. The molecule has 1 aliphatic heterocycles. The van der Waals surface area contributed by atoms with Crippen molar-refractivity contribution in [1.82, 2.24) is 24.9 Å². The maximum Gasteiger partial charge on any atom is 0.161 e. The Morgan fingerprint density at radius 2 is 2.10 bits per heavy atom. The third-order valence-corrected chi connectivity index (χ3v) is 5.84. The molecule has 5 rings (SSSR count). The summed E-state index contributed by atoms with van der Waals surface area (Å²) in [5.41, 5.74) is 3.19. The van der Waals surface area contributed by atoms with Crippen LogP contribution in [0.5, 0.6) is 0 Å². The highest BCUT2D eigenvalue weighted by Crippen LogP contribution is 2.30. The van der Waals surface area contributed by atoms with Gasteiger partial charge in [0.15, 0.2) is 5.65 Å². The summed E-state index contributed by atoms with van der Waals surface area (Å²) in [6.45, 7) is 4.24. The second-order valence-corrected chi connectivity index (χ2v) is 8.18. The molecule has 3 aromatic rings. The zero-order valence-electron chi connectivity index (χ0n) is 16.5. The first-order valence-corrected chi connectivity index (χ1v) is 10.1. The van der Waals surface area contributed by atoms with Crippen molar-refractivity contribution in [3.63, 3.8) is 0 Å². The van der Waals surface area contributed by atoms with E-state index in [1.165, 1.54) is 12.3 Å². The molecule has 4 heterocycles. The molecule has 2 N–H and O–H groups in total. The average molecular weight is 393 g/mol. The van der Waals surface area contributed by atoms with Gasteiger partial charge in [-0.2, -0.15) is 9.61 Å². The molecule has 0 bridgehead atoms. The van der Waals surface area contributed by atoms with E-state index in [1.807, 2.05) is 23.1 Å². The molecule has 8 heteroatoms. The highest BCUT2D eigenvalue weighted by atomic mass is 19.1. The second kappa shape index (κ2) is 7.09. The standard InChI is InChI=1S/C21H24FN7/c1-12(2)16-10-26-29-20(27-15-3-4-17-19(6-15)25-11-24-17)7-18(28-21(16)29)13-5-14(22)9-23-8-13/h5,7-12,15,17,19,27H,3-4,6H2,1-2H3,(H,24,25)/t15-,17?,19?/m0/s1. The number of aliphatic imine (C=N–C) groups is 1. The summed E-state index contributed by atoms with van der Waals surface area (Å²) in [7, 11) is 0. The summed E-state index contributed by atoms with van der Waals surface area (Å²) in [5.74, 6) is 0.767. The van der Waals surface area contributed by atoms with Gasteiger partial charge >= 0.3 is 0 Å². The highest BCUT2D eigenvalue weighted by molar-refractivity contribution is 5.67. The molecule has 0 aromatic carbocycles. The third-order valence-electron chi connectivity index (χ3n) is 5.84. The van der Waals surface area contributed by atoms with Crippen molar-refractivity contribution >= 4 is 17.8 Å². The molecule has 2 aliphatic rings. The van der Waals surface area contributed by atoms with Crippen LogP contribution in [0.15, 0.2) is 35.7 Å². The van der Waals surface area contributed by atoms with E-state index in [2.05, 4.69) is 39.6 Å². The fourth-order valence-electron chi connectivity index (χ4n) is 4.27. The van der Waals surface area contributed by atoms with Gasteiger partial charge in [0.05, 0.1) is 30.5 Å². The maximum absolute atomic E-state index is 13.8. The molecule has 0 saturated heterocycles. The lowest BCUT2D eigenvalue weighted by molar-refractivity contribution is 0.360. The number of anilines is 1. The van der Waals surface area contributed by atoms with Crippen LogP contribution in [0.25, 0.3) is 16.9 Å². The normalized spacial score (nSPS) is 23.4. The van der Waals surface area contributed by atoms with Gasteiger partial charge in [-0.15, -0.1) is 0 Å². The Kier molecular flexibility index (Phi) is 4.41.